The molecular weight excluding hydrogens is 130 g/mol. The summed E-state index contributed by atoms with van der Waals surface area (Å²) >= 11 is 0. The number of hydrogen-bond donors (Lipinski definition) is 2. The third-order valence-electron chi connectivity index (χ3n) is 2.03. The van der Waals surface area contributed by atoms with Crippen LogP contribution in [0.5, 0.6) is 0 Å². The average molecular weight is 145 g/mol. The van der Waals surface area contributed by atoms with Gasteiger partial charge in [-0.3, -0.25) is 0 Å². The van der Waals surface area contributed by atoms with Gasteiger partial charge in [0.15, 0.2) is 0 Å². The lowest BCUT2D eigenvalue weighted by molar-refractivity contribution is 0.148. The highest BCUT2D eigenvalue weighted by atomic mass is 28.2. The second kappa shape index (κ2) is 2.38. The van der Waals surface area contributed by atoms with Crippen LogP contribution in [0.4, 0.5) is 0 Å². The molecule has 1 fully saturated rings. The van der Waals surface area contributed by atoms with Crippen LogP contribution in [0.3, 0.4) is 0 Å². The molecule has 0 aliphatic carbocycles. The monoisotopic (exact) mass is 145 g/mol. The Morgan fingerprint density at radius 2 is 2.00 bits per heavy atom. The second-order valence-electron chi connectivity index (χ2n) is 2.87. The van der Waals surface area contributed by atoms with E-state index in [0.717, 1.165) is 23.4 Å². The molecule has 0 radical (unpaired) electrons. The van der Waals surface area contributed by atoms with Crippen LogP contribution in [-0.4, -0.2) is 27.3 Å². The Morgan fingerprint density at radius 1 is 1.33 bits per heavy atom. The van der Waals surface area contributed by atoms with E-state index in [1.165, 1.54) is 12.8 Å². The molecule has 4 N–H and O–H groups in total. The van der Waals surface area contributed by atoms with Crippen LogP contribution in [0.2, 0.25) is 0 Å². The molecule has 0 amide bonds. The summed E-state index contributed by atoms with van der Waals surface area (Å²) in [6, 6.07) is 0. The third-order valence-corrected chi connectivity index (χ3v) is 3.31. The predicted octanol–water partition coefficient (Wildman–Crippen LogP) is -1.68. The number of nitrogens with zero attached hydrogens (tertiary/aromatic N) is 1. The minimum Gasteiger partial charge on any atom is -0.304 e. The minimum atomic E-state index is -0.468. The van der Waals surface area contributed by atoms with Gasteiger partial charge >= 0.3 is 0 Å². The number of piperidine rings is 1. The van der Waals surface area contributed by atoms with Crippen LogP contribution in [0.25, 0.3) is 0 Å². The van der Waals surface area contributed by atoms with Crippen molar-refractivity contribution >= 4 is 10.4 Å². The van der Waals surface area contributed by atoms with Gasteiger partial charge in [0.25, 0.3) is 0 Å². The second-order valence-corrected chi connectivity index (χ2v) is 3.95. The molecule has 0 atom stereocenters. The molecule has 3 nitrogen and oxygen atoms in total. The van der Waals surface area contributed by atoms with Crippen LogP contribution in [-0.2, 0) is 0 Å². The van der Waals surface area contributed by atoms with Crippen molar-refractivity contribution in [2.24, 2.45) is 11.5 Å². The average Bonchev–Trinajstić information content (AvgIpc) is 1.77. The van der Waals surface area contributed by atoms with Gasteiger partial charge in [-0.15, -0.1) is 0 Å². The lowest BCUT2D eigenvalue weighted by Gasteiger charge is -2.39. The van der Waals surface area contributed by atoms with Gasteiger partial charge in [-0.05, 0) is 25.8 Å². The van der Waals surface area contributed by atoms with Crippen molar-refractivity contribution in [3.8, 4) is 0 Å². The van der Waals surface area contributed by atoms with Gasteiger partial charge in [0.2, 0.25) is 0 Å². The van der Waals surface area contributed by atoms with Crippen molar-refractivity contribution in [2.45, 2.75) is 25.0 Å². The molecule has 4 heteroatoms. The van der Waals surface area contributed by atoms with E-state index in [-0.39, 0.29) is 0 Å². The standard InChI is InChI=1S/C5H15N3Si/c6-5(7)3-1-2-4-8(5)9/h1-4,6-7H2,9H3. The molecule has 1 aliphatic rings. The van der Waals surface area contributed by atoms with Crippen LogP contribution >= 0.6 is 0 Å². The maximum absolute atomic E-state index is 5.76. The summed E-state index contributed by atoms with van der Waals surface area (Å²) in [5.41, 5.74) is 11.5. The van der Waals surface area contributed by atoms with Crippen LogP contribution in [0, 0.1) is 0 Å². The number of hydrogen-bond acceptors (Lipinski definition) is 3. The smallest absolute Gasteiger partial charge is 0.114 e. The summed E-state index contributed by atoms with van der Waals surface area (Å²) < 4.78 is 2.15. The Labute approximate surface area is 58.9 Å². The third kappa shape index (κ3) is 1.51. The molecule has 1 aliphatic heterocycles. The fourth-order valence-corrected chi connectivity index (χ4v) is 1.70. The van der Waals surface area contributed by atoms with E-state index in [1.54, 1.807) is 0 Å². The highest BCUT2D eigenvalue weighted by Crippen LogP contribution is 2.15. The highest BCUT2D eigenvalue weighted by molar-refractivity contribution is 6.04. The first-order valence-corrected chi connectivity index (χ1v) is 4.31. The Morgan fingerprint density at radius 3 is 2.33 bits per heavy atom. The van der Waals surface area contributed by atoms with Gasteiger partial charge in [0.1, 0.15) is 5.79 Å². The normalized spacial score (nSPS) is 28.7. The van der Waals surface area contributed by atoms with Crippen molar-refractivity contribution in [1.29, 1.82) is 0 Å². The van der Waals surface area contributed by atoms with Gasteiger partial charge < -0.3 is 16.0 Å². The molecule has 0 spiro atoms. The molecule has 54 valence electrons. The van der Waals surface area contributed by atoms with Crippen molar-refractivity contribution in [2.75, 3.05) is 6.54 Å². The highest BCUT2D eigenvalue weighted by Gasteiger charge is 2.26. The zero-order chi connectivity index (χ0) is 6.91. The molecular formula is C5H15N3Si. The van der Waals surface area contributed by atoms with Gasteiger partial charge in [-0.25, -0.2) is 0 Å². The Balaban J connectivity index is 2.49. The summed E-state index contributed by atoms with van der Waals surface area (Å²) in [5.74, 6) is -0.468. The summed E-state index contributed by atoms with van der Waals surface area (Å²) in [7, 11) is 0.992. The summed E-state index contributed by atoms with van der Waals surface area (Å²) in [6.45, 7) is 1.10. The first-order valence-electron chi connectivity index (χ1n) is 3.42. The molecule has 0 aromatic heterocycles. The zero-order valence-electron chi connectivity index (χ0n) is 5.93. The van der Waals surface area contributed by atoms with E-state index in [4.69, 9.17) is 11.5 Å². The van der Waals surface area contributed by atoms with Crippen LogP contribution in [0.1, 0.15) is 19.3 Å². The van der Waals surface area contributed by atoms with Gasteiger partial charge in [0, 0.05) is 0 Å². The summed E-state index contributed by atoms with van der Waals surface area (Å²) in [6.07, 6.45) is 3.40. The molecule has 1 heterocycles. The van der Waals surface area contributed by atoms with E-state index in [2.05, 4.69) is 4.57 Å². The maximum Gasteiger partial charge on any atom is 0.114 e. The van der Waals surface area contributed by atoms with Crippen LogP contribution in [0.15, 0.2) is 0 Å². The quantitative estimate of drug-likeness (QED) is 0.316. The molecule has 0 saturated carbocycles. The fraction of sp³-hybridized carbons (Fsp3) is 1.00. The van der Waals surface area contributed by atoms with E-state index in [1.807, 2.05) is 0 Å². The fourth-order valence-electron chi connectivity index (χ4n) is 1.16. The van der Waals surface area contributed by atoms with Gasteiger partial charge in [-0.1, -0.05) is 0 Å². The molecule has 9 heavy (non-hydrogen) atoms. The van der Waals surface area contributed by atoms with E-state index < -0.39 is 5.79 Å². The number of rotatable bonds is 0. The van der Waals surface area contributed by atoms with Crippen molar-refractivity contribution < 1.29 is 0 Å². The largest absolute Gasteiger partial charge is 0.304 e. The lowest BCUT2D eigenvalue weighted by atomic mass is 10.1. The molecule has 0 bridgehead atoms. The predicted molar refractivity (Wildman–Crippen MR) is 41.6 cm³/mol. The molecule has 0 unspecified atom stereocenters. The van der Waals surface area contributed by atoms with Crippen LogP contribution < -0.4 is 11.5 Å². The number of nitrogens with two attached hydrogens (primary N) is 2. The summed E-state index contributed by atoms with van der Waals surface area (Å²) in [5, 5.41) is 0. The Hall–Kier alpha value is 0.0969. The SMILES string of the molecule is NC1(N)CCCCN1[SiH3]. The Bertz CT molecular complexity index is 104. The molecule has 1 saturated heterocycles. The van der Waals surface area contributed by atoms with E-state index in [9.17, 15) is 0 Å². The topological polar surface area (TPSA) is 55.3 Å². The van der Waals surface area contributed by atoms with Crippen molar-refractivity contribution in [3.63, 3.8) is 0 Å². The summed E-state index contributed by atoms with van der Waals surface area (Å²) in [4.78, 5) is 0. The van der Waals surface area contributed by atoms with Crippen molar-refractivity contribution in [1.82, 2.24) is 4.57 Å². The maximum atomic E-state index is 5.76. The van der Waals surface area contributed by atoms with Gasteiger partial charge in [0.05, 0.1) is 10.4 Å². The van der Waals surface area contributed by atoms with Gasteiger partial charge in [-0.2, -0.15) is 0 Å². The first-order chi connectivity index (χ1) is 4.13. The van der Waals surface area contributed by atoms with E-state index in [0.29, 0.717) is 0 Å². The lowest BCUT2D eigenvalue weighted by Crippen LogP contribution is -2.64. The zero-order valence-corrected chi connectivity index (χ0v) is 7.93. The van der Waals surface area contributed by atoms with E-state index >= 15 is 0 Å². The molecule has 0 aromatic carbocycles. The Kier molecular flexibility index (Phi) is 1.90. The first kappa shape index (κ1) is 7.21. The molecule has 0 aromatic rings. The van der Waals surface area contributed by atoms with Crippen molar-refractivity contribution in [3.05, 3.63) is 0 Å². The minimum absolute atomic E-state index is 0.468. The molecule has 1 rings (SSSR count).